The second-order valence-electron chi connectivity index (χ2n) is 4.76. The van der Waals surface area contributed by atoms with E-state index in [1.807, 2.05) is 18.2 Å². The molecule has 1 amide bonds. The maximum absolute atomic E-state index is 11.6. The molecule has 1 aromatic heterocycles. The van der Waals surface area contributed by atoms with Crippen LogP contribution in [0, 0.1) is 5.41 Å². The zero-order valence-corrected chi connectivity index (χ0v) is 9.85. The summed E-state index contributed by atoms with van der Waals surface area (Å²) in [6.07, 6.45) is 4.89. The Morgan fingerprint density at radius 1 is 1.47 bits per heavy atom. The van der Waals surface area contributed by atoms with Gasteiger partial charge in [0.25, 0.3) is 0 Å². The molecular weight excluding hydrogens is 216 g/mol. The number of aryl methyl sites for hydroxylation is 1. The first-order chi connectivity index (χ1) is 8.24. The molecule has 4 nitrogen and oxygen atoms in total. The maximum Gasteiger partial charge on any atom is 0.220 e. The average Bonchev–Trinajstić information content (AvgIpc) is 3.16. The average molecular weight is 234 g/mol. The molecule has 0 bridgehead atoms. The first kappa shape index (κ1) is 12.0. The fourth-order valence-corrected chi connectivity index (χ4v) is 1.73. The SMILES string of the molecule is O=C(CCc1ccccn1)NCC1(CO)CC1. The van der Waals surface area contributed by atoms with E-state index in [2.05, 4.69) is 10.3 Å². The predicted octanol–water partition coefficient (Wildman–Crippen LogP) is 0.903. The van der Waals surface area contributed by atoms with E-state index in [9.17, 15) is 4.79 Å². The van der Waals surface area contributed by atoms with E-state index >= 15 is 0 Å². The Kier molecular flexibility index (Phi) is 3.74. The largest absolute Gasteiger partial charge is 0.396 e. The number of hydrogen-bond donors (Lipinski definition) is 2. The maximum atomic E-state index is 11.6. The zero-order valence-electron chi connectivity index (χ0n) is 9.85. The summed E-state index contributed by atoms with van der Waals surface area (Å²) in [5, 5.41) is 12.0. The third-order valence-corrected chi connectivity index (χ3v) is 3.29. The van der Waals surface area contributed by atoms with Crippen molar-refractivity contribution in [2.45, 2.75) is 25.7 Å². The quantitative estimate of drug-likeness (QED) is 0.769. The Morgan fingerprint density at radius 3 is 2.88 bits per heavy atom. The van der Waals surface area contributed by atoms with E-state index in [0.717, 1.165) is 18.5 Å². The van der Waals surface area contributed by atoms with Crippen LogP contribution in [0.5, 0.6) is 0 Å². The highest BCUT2D eigenvalue weighted by Gasteiger charge is 2.41. The van der Waals surface area contributed by atoms with Gasteiger partial charge in [0.1, 0.15) is 0 Å². The molecule has 1 aliphatic carbocycles. The molecule has 1 aromatic rings. The number of nitrogens with one attached hydrogen (secondary N) is 1. The van der Waals surface area contributed by atoms with Gasteiger partial charge in [-0.1, -0.05) is 6.07 Å². The molecular formula is C13H18N2O2. The van der Waals surface area contributed by atoms with Gasteiger partial charge < -0.3 is 10.4 Å². The summed E-state index contributed by atoms with van der Waals surface area (Å²) in [4.78, 5) is 15.8. The predicted molar refractivity (Wildman–Crippen MR) is 64.3 cm³/mol. The molecule has 17 heavy (non-hydrogen) atoms. The van der Waals surface area contributed by atoms with E-state index in [0.29, 0.717) is 19.4 Å². The van der Waals surface area contributed by atoms with Crippen LogP contribution in [0.15, 0.2) is 24.4 Å². The third-order valence-electron chi connectivity index (χ3n) is 3.29. The van der Waals surface area contributed by atoms with Crippen molar-refractivity contribution in [2.75, 3.05) is 13.2 Å². The fourth-order valence-electron chi connectivity index (χ4n) is 1.73. The summed E-state index contributed by atoms with van der Waals surface area (Å²) in [5.41, 5.74) is 0.923. The minimum Gasteiger partial charge on any atom is -0.396 e. The van der Waals surface area contributed by atoms with Gasteiger partial charge in [-0.3, -0.25) is 9.78 Å². The molecule has 4 heteroatoms. The zero-order chi connectivity index (χ0) is 12.1. The Labute approximate surface area is 101 Å². The summed E-state index contributed by atoms with van der Waals surface area (Å²) in [5.74, 6) is 0.0374. The molecule has 0 spiro atoms. The van der Waals surface area contributed by atoms with Crippen molar-refractivity contribution in [1.82, 2.24) is 10.3 Å². The number of rotatable bonds is 6. The summed E-state index contributed by atoms with van der Waals surface area (Å²) >= 11 is 0. The number of carbonyl (C=O) groups is 1. The lowest BCUT2D eigenvalue weighted by Gasteiger charge is -2.12. The van der Waals surface area contributed by atoms with Crippen LogP contribution >= 0.6 is 0 Å². The van der Waals surface area contributed by atoms with Crippen molar-refractivity contribution in [2.24, 2.45) is 5.41 Å². The van der Waals surface area contributed by atoms with E-state index < -0.39 is 0 Å². The molecule has 0 atom stereocenters. The highest BCUT2D eigenvalue weighted by Crippen LogP contribution is 2.44. The minimum atomic E-state index is -0.0132. The van der Waals surface area contributed by atoms with Crippen LogP contribution < -0.4 is 5.32 Å². The van der Waals surface area contributed by atoms with Gasteiger partial charge in [-0.25, -0.2) is 0 Å². The molecule has 1 saturated carbocycles. The number of carbonyl (C=O) groups excluding carboxylic acids is 1. The van der Waals surface area contributed by atoms with Crippen LogP contribution in [-0.2, 0) is 11.2 Å². The van der Waals surface area contributed by atoms with Crippen LogP contribution in [0.25, 0.3) is 0 Å². The topological polar surface area (TPSA) is 62.2 Å². The monoisotopic (exact) mass is 234 g/mol. The number of pyridine rings is 1. The van der Waals surface area contributed by atoms with E-state index in [4.69, 9.17) is 5.11 Å². The number of aliphatic hydroxyl groups excluding tert-OH is 1. The molecule has 0 saturated heterocycles. The summed E-state index contributed by atoms with van der Waals surface area (Å²) in [6, 6.07) is 5.70. The van der Waals surface area contributed by atoms with E-state index in [-0.39, 0.29) is 17.9 Å². The number of hydrogen-bond acceptors (Lipinski definition) is 3. The first-order valence-corrected chi connectivity index (χ1v) is 6.02. The Balaban J connectivity index is 1.68. The highest BCUT2D eigenvalue weighted by molar-refractivity contribution is 5.76. The van der Waals surface area contributed by atoms with Crippen molar-refractivity contribution < 1.29 is 9.90 Å². The number of aliphatic hydroxyl groups is 1. The van der Waals surface area contributed by atoms with Gasteiger partial charge in [0.15, 0.2) is 0 Å². The van der Waals surface area contributed by atoms with Gasteiger partial charge in [0.05, 0.1) is 6.61 Å². The van der Waals surface area contributed by atoms with Gasteiger partial charge in [0, 0.05) is 30.3 Å². The molecule has 2 N–H and O–H groups in total. The Hall–Kier alpha value is -1.42. The second-order valence-corrected chi connectivity index (χ2v) is 4.76. The molecule has 1 aliphatic rings. The number of nitrogens with zero attached hydrogens (tertiary/aromatic N) is 1. The highest BCUT2D eigenvalue weighted by atomic mass is 16.3. The van der Waals surface area contributed by atoms with Gasteiger partial charge in [0.2, 0.25) is 5.91 Å². The van der Waals surface area contributed by atoms with Crippen LogP contribution in [0.4, 0.5) is 0 Å². The van der Waals surface area contributed by atoms with Gasteiger partial charge in [-0.05, 0) is 31.4 Å². The molecule has 0 aromatic carbocycles. The molecule has 1 heterocycles. The molecule has 2 rings (SSSR count). The number of aromatic nitrogens is 1. The van der Waals surface area contributed by atoms with Crippen molar-refractivity contribution in [3.05, 3.63) is 30.1 Å². The second kappa shape index (κ2) is 5.27. The molecule has 1 fully saturated rings. The molecule has 0 unspecified atom stereocenters. The Morgan fingerprint density at radius 2 is 2.29 bits per heavy atom. The van der Waals surface area contributed by atoms with Gasteiger partial charge in [-0.2, -0.15) is 0 Å². The van der Waals surface area contributed by atoms with E-state index in [1.54, 1.807) is 6.20 Å². The van der Waals surface area contributed by atoms with E-state index in [1.165, 1.54) is 0 Å². The van der Waals surface area contributed by atoms with Crippen molar-refractivity contribution >= 4 is 5.91 Å². The van der Waals surface area contributed by atoms with Crippen LogP contribution in [0.2, 0.25) is 0 Å². The molecule has 0 radical (unpaired) electrons. The molecule has 0 aliphatic heterocycles. The lowest BCUT2D eigenvalue weighted by atomic mass is 10.1. The lowest BCUT2D eigenvalue weighted by Crippen LogP contribution is -2.31. The van der Waals surface area contributed by atoms with Crippen LogP contribution in [-0.4, -0.2) is 29.1 Å². The van der Waals surface area contributed by atoms with Crippen LogP contribution in [0.1, 0.15) is 25.0 Å². The summed E-state index contributed by atoms with van der Waals surface area (Å²) in [6.45, 7) is 0.776. The van der Waals surface area contributed by atoms with Crippen molar-refractivity contribution in [1.29, 1.82) is 0 Å². The standard InChI is InChI=1S/C13H18N2O2/c16-10-13(6-7-13)9-15-12(17)5-4-11-3-1-2-8-14-11/h1-3,8,16H,4-7,9-10H2,(H,15,17). The summed E-state index contributed by atoms with van der Waals surface area (Å²) < 4.78 is 0. The van der Waals surface area contributed by atoms with Crippen LogP contribution in [0.3, 0.4) is 0 Å². The van der Waals surface area contributed by atoms with Gasteiger partial charge >= 0.3 is 0 Å². The van der Waals surface area contributed by atoms with Crippen molar-refractivity contribution in [3.63, 3.8) is 0 Å². The fraction of sp³-hybridized carbons (Fsp3) is 0.538. The minimum absolute atomic E-state index is 0.0132. The smallest absolute Gasteiger partial charge is 0.220 e. The first-order valence-electron chi connectivity index (χ1n) is 6.02. The normalized spacial score (nSPS) is 16.5. The lowest BCUT2D eigenvalue weighted by molar-refractivity contribution is -0.121. The third kappa shape index (κ3) is 3.53. The number of amides is 1. The summed E-state index contributed by atoms with van der Waals surface area (Å²) in [7, 11) is 0. The molecule has 92 valence electrons. The Bertz CT molecular complexity index is 374. The van der Waals surface area contributed by atoms with Gasteiger partial charge in [-0.15, -0.1) is 0 Å². The van der Waals surface area contributed by atoms with Crippen molar-refractivity contribution in [3.8, 4) is 0 Å².